The molecule has 2 aromatic rings. The molecular formula is C18H22N4O2. The normalized spacial score (nSPS) is 17.7. The molecule has 1 aliphatic rings. The molecule has 0 bridgehead atoms. The van der Waals surface area contributed by atoms with Gasteiger partial charge in [0.25, 0.3) is 5.56 Å². The summed E-state index contributed by atoms with van der Waals surface area (Å²) in [5.74, 6) is 0.403. The van der Waals surface area contributed by atoms with Gasteiger partial charge in [0.05, 0.1) is 5.69 Å². The summed E-state index contributed by atoms with van der Waals surface area (Å²) in [5.41, 5.74) is 1.70. The SMILES string of the molecule is Cc1ccc(=O)n(CC(=O)N2CCC[C@H](Cc3cccnc3)C2)n1. The summed E-state index contributed by atoms with van der Waals surface area (Å²) in [6, 6.07) is 7.13. The summed E-state index contributed by atoms with van der Waals surface area (Å²) < 4.78 is 1.25. The number of likely N-dealkylation sites (tertiary alicyclic amines) is 1. The second-order valence-corrected chi connectivity index (χ2v) is 6.38. The van der Waals surface area contributed by atoms with Crippen molar-refractivity contribution in [1.82, 2.24) is 19.7 Å². The lowest BCUT2D eigenvalue weighted by molar-refractivity contribution is -0.133. The summed E-state index contributed by atoms with van der Waals surface area (Å²) in [6.45, 7) is 3.31. The standard InChI is InChI=1S/C18H22N4O2/c1-14-6-7-17(23)22(20-14)13-18(24)21-9-3-5-16(12-21)10-15-4-2-8-19-11-15/h2,4,6-8,11,16H,3,5,9-10,12-13H2,1H3/t16-/m1/s1. The molecule has 1 aliphatic heterocycles. The van der Waals surface area contributed by atoms with Crippen LogP contribution in [-0.2, 0) is 17.8 Å². The van der Waals surface area contributed by atoms with Crippen molar-refractivity contribution >= 4 is 5.91 Å². The molecule has 1 fully saturated rings. The van der Waals surface area contributed by atoms with E-state index in [1.165, 1.54) is 16.3 Å². The first-order chi connectivity index (χ1) is 11.6. The maximum atomic E-state index is 12.5. The van der Waals surface area contributed by atoms with E-state index in [1.807, 2.05) is 24.1 Å². The highest BCUT2D eigenvalue weighted by atomic mass is 16.2. The molecule has 0 aromatic carbocycles. The molecule has 6 nitrogen and oxygen atoms in total. The third-order valence-corrected chi connectivity index (χ3v) is 4.40. The second kappa shape index (κ2) is 7.38. The van der Waals surface area contributed by atoms with E-state index in [-0.39, 0.29) is 18.0 Å². The molecule has 0 unspecified atom stereocenters. The summed E-state index contributed by atoms with van der Waals surface area (Å²) >= 11 is 0. The second-order valence-electron chi connectivity index (χ2n) is 6.38. The van der Waals surface area contributed by atoms with Crippen LogP contribution in [0.5, 0.6) is 0 Å². The van der Waals surface area contributed by atoms with Crippen LogP contribution in [0.2, 0.25) is 0 Å². The molecule has 0 spiro atoms. The Kier molecular flexibility index (Phi) is 5.03. The van der Waals surface area contributed by atoms with Gasteiger partial charge in [0.2, 0.25) is 5.91 Å². The maximum Gasteiger partial charge on any atom is 0.267 e. The van der Waals surface area contributed by atoms with Gasteiger partial charge in [-0.25, -0.2) is 4.68 Å². The quantitative estimate of drug-likeness (QED) is 0.852. The lowest BCUT2D eigenvalue weighted by Crippen LogP contribution is -2.43. The maximum absolute atomic E-state index is 12.5. The molecule has 3 heterocycles. The van der Waals surface area contributed by atoms with Gasteiger partial charge in [-0.2, -0.15) is 5.10 Å². The Hall–Kier alpha value is -2.50. The van der Waals surface area contributed by atoms with Crippen molar-refractivity contribution in [2.24, 2.45) is 5.92 Å². The van der Waals surface area contributed by atoms with Crippen molar-refractivity contribution < 1.29 is 4.79 Å². The number of hydrogen-bond acceptors (Lipinski definition) is 4. The molecule has 24 heavy (non-hydrogen) atoms. The monoisotopic (exact) mass is 326 g/mol. The summed E-state index contributed by atoms with van der Waals surface area (Å²) in [6.07, 6.45) is 6.69. The van der Waals surface area contributed by atoms with Crippen LogP contribution in [0.15, 0.2) is 41.5 Å². The average Bonchev–Trinajstić information content (AvgIpc) is 2.59. The predicted octanol–water partition coefficient (Wildman–Crippen LogP) is 1.43. The van der Waals surface area contributed by atoms with Gasteiger partial charge in [-0.1, -0.05) is 6.07 Å². The van der Waals surface area contributed by atoms with Crippen LogP contribution in [-0.4, -0.2) is 38.7 Å². The third kappa shape index (κ3) is 4.07. The van der Waals surface area contributed by atoms with Crippen LogP contribution < -0.4 is 5.56 Å². The van der Waals surface area contributed by atoms with Gasteiger partial charge in [-0.15, -0.1) is 0 Å². The summed E-state index contributed by atoms with van der Waals surface area (Å²) in [7, 11) is 0. The van der Waals surface area contributed by atoms with Crippen molar-refractivity contribution in [1.29, 1.82) is 0 Å². The molecule has 2 aromatic heterocycles. The smallest absolute Gasteiger partial charge is 0.267 e. The minimum Gasteiger partial charge on any atom is -0.341 e. The minimum absolute atomic E-state index is 0.0140. The number of amides is 1. The van der Waals surface area contributed by atoms with Crippen molar-refractivity contribution in [3.8, 4) is 0 Å². The Morgan fingerprint density at radius 3 is 3.00 bits per heavy atom. The van der Waals surface area contributed by atoms with Gasteiger partial charge < -0.3 is 4.90 Å². The Morgan fingerprint density at radius 2 is 2.21 bits per heavy atom. The number of hydrogen-bond donors (Lipinski definition) is 0. The Morgan fingerprint density at radius 1 is 1.33 bits per heavy atom. The Labute approximate surface area is 141 Å². The van der Waals surface area contributed by atoms with Crippen molar-refractivity contribution in [3.05, 3.63) is 58.3 Å². The fraction of sp³-hybridized carbons (Fsp3) is 0.444. The number of aryl methyl sites for hydroxylation is 1. The number of carbonyl (C=O) groups excluding carboxylic acids is 1. The minimum atomic E-state index is -0.238. The van der Waals surface area contributed by atoms with E-state index < -0.39 is 0 Å². The molecule has 0 aliphatic carbocycles. The van der Waals surface area contributed by atoms with Gasteiger partial charge in [-0.3, -0.25) is 14.6 Å². The lowest BCUT2D eigenvalue weighted by atomic mass is 9.92. The highest BCUT2D eigenvalue weighted by Crippen LogP contribution is 2.20. The summed E-state index contributed by atoms with van der Waals surface area (Å²) in [4.78, 5) is 30.4. The number of nitrogens with zero attached hydrogens (tertiary/aromatic N) is 4. The first kappa shape index (κ1) is 16.4. The Balaban J connectivity index is 1.62. The third-order valence-electron chi connectivity index (χ3n) is 4.40. The van der Waals surface area contributed by atoms with Gasteiger partial charge in [-0.05, 0) is 49.8 Å². The van der Waals surface area contributed by atoms with E-state index in [0.717, 1.165) is 38.0 Å². The van der Waals surface area contributed by atoms with E-state index in [2.05, 4.69) is 16.1 Å². The van der Waals surface area contributed by atoms with Crippen LogP contribution in [0.1, 0.15) is 24.1 Å². The van der Waals surface area contributed by atoms with Crippen molar-refractivity contribution in [2.75, 3.05) is 13.1 Å². The van der Waals surface area contributed by atoms with Gasteiger partial charge >= 0.3 is 0 Å². The predicted molar refractivity (Wildman–Crippen MR) is 90.5 cm³/mol. The first-order valence-electron chi connectivity index (χ1n) is 8.33. The number of rotatable bonds is 4. The number of pyridine rings is 1. The van der Waals surface area contributed by atoms with Crippen LogP contribution in [0, 0.1) is 12.8 Å². The molecule has 3 rings (SSSR count). The molecule has 0 radical (unpaired) electrons. The van der Waals surface area contributed by atoms with E-state index in [4.69, 9.17) is 0 Å². The number of carbonyl (C=O) groups is 1. The van der Waals surface area contributed by atoms with Crippen LogP contribution in [0.25, 0.3) is 0 Å². The van der Waals surface area contributed by atoms with Crippen molar-refractivity contribution in [3.63, 3.8) is 0 Å². The van der Waals surface area contributed by atoms with Crippen molar-refractivity contribution in [2.45, 2.75) is 32.7 Å². The molecule has 0 N–H and O–H groups in total. The van der Waals surface area contributed by atoms with E-state index >= 15 is 0 Å². The topological polar surface area (TPSA) is 68.1 Å². The van der Waals surface area contributed by atoms with Gasteiger partial charge in [0.15, 0.2) is 0 Å². The molecule has 1 saturated heterocycles. The van der Waals surface area contributed by atoms with Crippen LogP contribution in [0.3, 0.4) is 0 Å². The van der Waals surface area contributed by atoms with Crippen LogP contribution in [0.4, 0.5) is 0 Å². The molecule has 1 amide bonds. The highest BCUT2D eigenvalue weighted by molar-refractivity contribution is 5.76. The highest BCUT2D eigenvalue weighted by Gasteiger charge is 2.24. The Bertz CT molecular complexity index is 757. The zero-order chi connectivity index (χ0) is 16.9. The molecule has 1 atom stereocenters. The zero-order valence-corrected chi connectivity index (χ0v) is 13.9. The van der Waals surface area contributed by atoms with E-state index in [0.29, 0.717) is 5.92 Å². The van der Waals surface area contributed by atoms with Crippen LogP contribution >= 0.6 is 0 Å². The average molecular weight is 326 g/mol. The molecular weight excluding hydrogens is 304 g/mol. The molecule has 126 valence electrons. The fourth-order valence-corrected chi connectivity index (χ4v) is 3.20. The van der Waals surface area contributed by atoms with E-state index in [1.54, 1.807) is 12.3 Å². The fourth-order valence-electron chi connectivity index (χ4n) is 3.20. The molecule has 0 saturated carbocycles. The van der Waals surface area contributed by atoms with Gasteiger partial charge in [0.1, 0.15) is 6.54 Å². The number of aromatic nitrogens is 3. The largest absolute Gasteiger partial charge is 0.341 e. The molecule has 6 heteroatoms. The number of piperidine rings is 1. The van der Waals surface area contributed by atoms with E-state index in [9.17, 15) is 9.59 Å². The lowest BCUT2D eigenvalue weighted by Gasteiger charge is -2.33. The summed E-state index contributed by atoms with van der Waals surface area (Å²) in [5, 5.41) is 4.14. The van der Waals surface area contributed by atoms with Gasteiger partial charge in [0, 0.05) is 31.5 Å². The first-order valence-corrected chi connectivity index (χ1v) is 8.33. The zero-order valence-electron chi connectivity index (χ0n) is 13.9.